The van der Waals surface area contributed by atoms with Crippen LogP contribution in [0.1, 0.15) is 6.92 Å². The Morgan fingerprint density at radius 2 is 2.00 bits per heavy atom. The van der Waals surface area contributed by atoms with E-state index in [-0.39, 0.29) is 5.69 Å². The van der Waals surface area contributed by atoms with Crippen LogP contribution in [0.5, 0.6) is 5.88 Å². The molecule has 0 aliphatic carbocycles. The molecule has 23 heavy (non-hydrogen) atoms. The van der Waals surface area contributed by atoms with Crippen molar-refractivity contribution in [2.24, 2.45) is 0 Å². The van der Waals surface area contributed by atoms with E-state index >= 15 is 0 Å². The van der Waals surface area contributed by atoms with E-state index in [9.17, 15) is 10.1 Å². The van der Waals surface area contributed by atoms with Gasteiger partial charge < -0.3 is 4.74 Å². The number of hydrogen-bond acceptors (Lipinski definition) is 6. The molecule has 3 rings (SSSR count). The van der Waals surface area contributed by atoms with Crippen molar-refractivity contribution in [3.8, 4) is 27.0 Å². The summed E-state index contributed by atoms with van der Waals surface area (Å²) in [7, 11) is 0. The van der Waals surface area contributed by atoms with Crippen LogP contribution in [0.2, 0.25) is 0 Å². The molecule has 2 aromatic heterocycles. The molecule has 0 radical (unpaired) electrons. The number of non-ortho nitro benzene ring substituents is 1. The van der Waals surface area contributed by atoms with E-state index in [1.807, 2.05) is 25.1 Å². The van der Waals surface area contributed by atoms with Gasteiger partial charge in [-0.1, -0.05) is 6.07 Å². The molecule has 0 spiro atoms. The van der Waals surface area contributed by atoms with Gasteiger partial charge >= 0.3 is 0 Å². The topological polar surface area (TPSA) is 78.2 Å². The van der Waals surface area contributed by atoms with Gasteiger partial charge in [0.05, 0.1) is 22.1 Å². The van der Waals surface area contributed by atoms with Gasteiger partial charge in [0.2, 0.25) is 5.88 Å². The second kappa shape index (κ2) is 6.53. The number of pyridine rings is 1. The number of nitro groups is 1. The van der Waals surface area contributed by atoms with Gasteiger partial charge in [-0.25, -0.2) is 0 Å². The fraction of sp³-hybridized carbons (Fsp3) is 0.125. The number of hydrogen-bond donors (Lipinski definition) is 0. The summed E-state index contributed by atoms with van der Waals surface area (Å²) < 4.78 is 5.61. The van der Waals surface area contributed by atoms with Crippen molar-refractivity contribution in [1.29, 1.82) is 0 Å². The molecule has 0 amide bonds. The Hall–Kier alpha value is -2.80. The quantitative estimate of drug-likeness (QED) is 0.519. The Morgan fingerprint density at radius 3 is 2.61 bits per heavy atom. The summed E-state index contributed by atoms with van der Waals surface area (Å²) in [6.07, 6.45) is 1.71. The highest BCUT2D eigenvalue weighted by molar-refractivity contribution is 7.18. The number of rotatable bonds is 5. The van der Waals surface area contributed by atoms with E-state index in [4.69, 9.17) is 4.74 Å². The predicted molar refractivity (Wildman–Crippen MR) is 88.6 cm³/mol. The van der Waals surface area contributed by atoms with Gasteiger partial charge in [-0.3, -0.25) is 15.1 Å². The summed E-state index contributed by atoms with van der Waals surface area (Å²) in [5, 5.41) is 11.5. The highest BCUT2D eigenvalue weighted by atomic mass is 32.1. The van der Waals surface area contributed by atoms with Crippen LogP contribution in [0.3, 0.4) is 0 Å². The van der Waals surface area contributed by atoms with Crippen LogP contribution in [0, 0.1) is 10.1 Å². The number of ether oxygens (including phenoxy) is 1. The Labute approximate surface area is 136 Å². The standard InChI is InChI=1S/C16H13N3O3S/c1-2-22-15-14(11-6-8-12(9-7-11)19(20)21)23-16(18-15)13-5-3-4-10-17-13/h3-10H,2H2,1H3. The van der Waals surface area contributed by atoms with Crippen molar-refractivity contribution in [3.63, 3.8) is 0 Å². The molecule has 0 unspecified atom stereocenters. The molecule has 3 aromatic rings. The molecule has 116 valence electrons. The molecule has 0 atom stereocenters. The third-order valence-electron chi connectivity index (χ3n) is 3.10. The van der Waals surface area contributed by atoms with Crippen LogP contribution in [0.25, 0.3) is 21.1 Å². The average Bonchev–Trinajstić information content (AvgIpc) is 3.00. The Morgan fingerprint density at radius 1 is 1.22 bits per heavy atom. The van der Waals surface area contributed by atoms with Crippen molar-refractivity contribution >= 4 is 17.0 Å². The zero-order valence-electron chi connectivity index (χ0n) is 12.3. The van der Waals surface area contributed by atoms with Gasteiger partial charge in [-0.15, -0.1) is 11.3 Å². The Bertz CT molecular complexity index is 816. The average molecular weight is 327 g/mol. The lowest BCUT2D eigenvalue weighted by Crippen LogP contribution is -1.93. The van der Waals surface area contributed by atoms with E-state index in [0.29, 0.717) is 12.5 Å². The lowest BCUT2D eigenvalue weighted by molar-refractivity contribution is -0.384. The minimum Gasteiger partial charge on any atom is -0.477 e. The first-order chi connectivity index (χ1) is 11.2. The van der Waals surface area contributed by atoms with E-state index in [1.165, 1.54) is 23.5 Å². The van der Waals surface area contributed by atoms with Gasteiger partial charge in [0.25, 0.3) is 5.69 Å². The fourth-order valence-corrected chi connectivity index (χ4v) is 3.05. The first-order valence-corrected chi connectivity index (χ1v) is 7.80. The number of nitro benzene ring substituents is 1. The Kier molecular flexibility index (Phi) is 4.29. The predicted octanol–water partition coefficient (Wildman–Crippen LogP) is 4.18. The summed E-state index contributed by atoms with van der Waals surface area (Å²) >= 11 is 1.45. The monoisotopic (exact) mass is 327 g/mol. The van der Waals surface area contributed by atoms with Crippen LogP contribution in [0.4, 0.5) is 5.69 Å². The fourth-order valence-electron chi connectivity index (χ4n) is 2.06. The van der Waals surface area contributed by atoms with Crippen LogP contribution >= 0.6 is 11.3 Å². The maximum Gasteiger partial charge on any atom is 0.269 e. The summed E-state index contributed by atoms with van der Waals surface area (Å²) in [6, 6.07) is 12.0. The molecule has 1 aromatic carbocycles. The number of aromatic nitrogens is 2. The summed E-state index contributed by atoms with van der Waals surface area (Å²) in [5.74, 6) is 0.520. The van der Waals surface area contributed by atoms with Crippen molar-refractivity contribution in [2.45, 2.75) is 6.92 Å². The molecular formula is C16H13N3O3S. The lowest BCUT2D eigenvalue weighted by atomic mass is 10.2. The SMILES string of the molecule is CCOc1nc(-c2ccccn2)sc1-c1ccc([N+](=O)[O-])cc1. The minimum atomic E-state index is -0.417. The van der Waals surface area contributed by atoms with Crippen LogP contribution < -0.4 is 4.74 Å². The van der Waals surface area contributed by atoms with Crippen molar-refractivity contribution in [3.05, 3.63) is 58.8 Å². The molecule has 2 heterocycles. The van der Waals surface area contributed by atoms with Gasteiger partial charge in [0.1, 0.15) is 5.01 Å². The zero-order chi connectivity index (χ0) is 16.2. The molecule has 6 nitrogen and oxygen atoms in total. The van der Waals surface area contributed by atoms with Crippen LogP contribution in [0.15, 0.2) is 48.7 Å². The number of benzene rings is 1. The first kappa shape index (κ1) is 15.1. The van der Waals surface area contributed by atoms with Crippen molar-refractivity contribution in [1.82, 2.24) is 9.97 Å². The largest absolute Gasteiger partial charge is 0.477 e. The maximum atomic E-state index is 10.8. The highest BCUT2D eigenvalue weighted by Gasteiger charge is 2.17. The third-order valence-corrected chi connectivity index (χ3v) is 4.21. The minimum absolute atomic E-state index is 0.0566. The summed E-state index contributed by atoms with van der Waals surface area (Å²) in [6.45, 7) is 2.38. The van der Waals surface area contributed by atoms with Crippen molar-refractivity contribution < 1.29 is 9.66 Å². The molecule has 0 aliphatic rings. The Balaban J connectivity index is 2.03. The van der Waals surface area contributed by atoms with E-state index in [0.717, 1.165) is 21.1 Å². The molecule has 0 aliphatic heterocycles. The second-order valence-electron chi connectivity index (χ2n) is 4.61. The summed E-state index contributed by atoms with van der Waals surface area (Å²) in [4.78, 5) is 20.0. The van der Waals surface area contributed by atoms with Crippen LogP contribution in [-0.2, 0) is 0 Å². The molecule has 0 saturated carbocycles. The van der Waals surface area contributed by atoms with Gasteiger partial charge in [-0.2, -0.15) is 4.98 Å². The summed E-state index contributed by atoms with van der Waals surface area (Å²) in [5.41, 5.74) is 1.66. The lowest BCUT2D eigenvalue weighted by Gasteiger charge is -2.02. The van der Waals surface area contributed by atoms with Gasteiger partial charge in [-0.05, 0) is 36.8 Å². The third kappa shape index (κ3) is 3.19. The molecule has 0 bridgehead atoms. The number of thiazole rings is 1. The highest BCUT2D eigenvalue weighted by Crippen LogP contribution is 2.39. The smallest absolute Gasteiger partial charge is 0.269 e. The van der Waals surface area contributed by atoms with Crippen molar-refractivity contribution in [2.75, 3.05) is 6.61 Å². The molecular weight excluding hydrogens is 314 g/mol. The van der Waals surface area contributed by atoms with Gasteiger partial charge in [0.15, 0.2) is 0 Å². The van der Waals surface area contributed by atoms with E-state index in [1.54, 1.807) is 18.3 Å². The second-order valence-corrected chi connectivity index (χ2v) is 5.60. The molecule has 7 heteroatoms. The zero-order valence-corrected chi connectivity index (χ0v) is 13.1. The number of nitrogens with zero attached hydrogens (tertiary/aromatic N) is 3. The van der Waals surface area contributed by atoms with E-state index in [2.05, 4.69) is 9.97 Å². The van der Waals surface area contributed by atoms with E-state index < -0.39 is 4.92 Å². The van der Waals surface area contributed by atoms with Gasteiger partial charge in [0, 0.05) is 18.3 Å². The maximum absolute atomic E-state index is 10.8. The normalized spacial score (nSPS) is 10.5. The first-order valence-electron chi connectivity index (χ1n) is 6.99. The molecule has 0 N–H and O–H groups in total. The molecule has 0 fully saturated rings. The molecule has 0 saturated heterocycles. The van der Waals surface area contributed by atoms with Crippen LogP contribution in [-0.4, -0.2) is 21.5 Å².